The molecular weight excluding hydrogens is 362 g/mol. The Morgan fingerprint density at radius 1 is 0.862 bits per heavy atom. The predicted octanol–water partition coefficient (Wildman–Crippen LogP) is 2.60. The van der Waals surface area contributed by atoms with Crippen molar-refractivity contribution in [2.24, 2.45) is 0 Å². The van der Waals surface area contributed by atoms with Gasteiger partial charge in [0.2, 0.25) is 0 Å². The van der Waals surface area contributed by atoms with E-state index in [9.17, 15) is 5.11 Å². The number of rotatable bonds is 5. The summed E-state index contributed by atoms with van der Waals surface area (Å²) in [5, 5.41) is 19.5. The van der Waals surface area contributed by atoms with E-state index in [0.29, 0.717) is 6.54 Å². The Morgan fingerprint density at radius 2 is 1.55 bits per heavy atom. The molecule has 2 aliphatic heterocycles. The van der Waals surface area contributed by atoms with Crippen LogP contribution in [0.3, 0.4) is 0 Å². The van der Waals surface area contributed by atoms with Crippen LogP contribution in [0.5, 0.6) is 0 Å². The van der Waals surface area contributed by atoms with E-state index >= 15 is 0 Å². The average Bonchev–Trinajstić information content (AvgIpc) is 3.32. The van der Waals surface area contributed by atoms with Gasteiger partial charge in [-0.1, -0.05) is 60.7 Å². The second-order valence-corrected chi connectivity index (χ2v) is 8.14. The summed E-state index contributed by atoms with van der Waals surface area (Å²) in [6.45, 7) is 5.14. The lowest BCUT2D eigenvalue weighted by molar-refractivity contribution is 0.171. The summed E-state index contributed by atoms with van der Waals surface area (Å²) in [6, 6.07) is 21.2. The Kier molecular flexibility index (Phi) is 5.14. The smallest absolute Gasteiger partial charge is 0.150 e. The van der Waals surface area contributed by atoms with Crippen molar-refractivity contribution < 1.29 is 5.11 Å². The lowest BCUT2D eigenvalue weighted by Crippen LogP contribution is -2.35. The van der Waals surface area contributed by atoms with E-state index in [1.54, 1.807) is 0 Å². The molecule has 2 aromatic carbocycles. The van der Waals surface area contributed by atoms with Crippen molar-refractivity contribution in [1.29, 1.82) is 0 Å². The molecule has 0 saturated carbocycles. The van der Waals surface area contributed by atoms with Gasteiger partial charge < -0.3 is 9.67 Å². The summed E-state index contributed by atoms with van der Waals surface area (Å²) in [5.41, 5.74) is 2.59. The van der Waals surface area contributed by atoms with Gasteiger partial charge in [-0.2, -0.15) is 0 Å². The highest BCUT2D eigenvalue weighted by Gasteiger charge is 2.36. The molecule has 6 nitrogen and oxygen atoms in total. The van der Waals surface area contributed by atoms with Gasteiger partial charge in [0.1, 0.15) is 5.82 Å². The van der Waals surface area contributed by atoms with Crippen LogP contribution in [-0.4, -0.2) is 48.9 Å². The van der Waals surface area contributed by atoms with Crippen molar-refractivity contribution in [3.8, 4) is 0 Å². The summed E-state index contributed by atoms with van der Waals surface area (Å²) in [4.78, 5) is 4.77. The molecule has 29 heavy (non-hydrogen) atoms. The Balaban J connectivity index is 1.32. The highest BCUT2D eigenvalue weighted by molar-refractivity contribution is 5.17. The molecule has 1 fully saturated rings. The number of β-amino-alcohol motifs (C(OH)–C–C–N with tert-alkyl or cyclic N) is 1. The molecule has 150 valence electrons. The topological polar surface area (TPSA) is 57.4 Å². The summed E-state index contributed by atoms with van der Waals surface area (Å²) >= 11 is 0. The zero-order valence-electron chi connectivity index (χ0n) is 16.6. The van der Waals surface area contributed by atoms with Crippen molar-refractivity contribution in [3.05, 3.63) is 83.4 Å². The van der Waals surface area contributed by atoms with Crippen molar-refractivity contribution in [2.45, 2.75) is 44.7 Å². The molecule has 0 unspecified atom stereocenters. The van der Waals surface area contributed by atoms with Gasteiger partial charge >= 0.3 is 0 Å². The van der Waals surface area contributed by atoms with Crippen LogP contribution in [0, 0.1) is 0 Å². The molecule has 2 aliphatic rings. The van der Waals surface area contributed by atoms with Crippen LogP contribution in [0.2, 0.25) is 0 Å². The van der Waals surface area contributed by atoms with E-state index in [1.807, 2.05) is 6.07 Å². The molecule has 0 aliphatic carbocycles. The minimum Gasteiger partial charge on any atom is -0.392 e. The number of hydrogen-bond acceptors (Lipinski definition) is 5. The van der Waals surface area contributed by atoms with E-state index in [4.69, 9.17) is 0 Å². The SMILES string of the molecule is O[C@@H]1C[C@@H](c2nnc3n2CCN(Cc2ccccc2)C3)N(Cc2ccccc2)C1. The van der Waals surface area contributed by atoms with Gasteiger partial charge in [-0.3, -0.25) is 9.80 Å². The van der Waals surface area contributed by atoms with Crippen molar-refractivity contribution in [2.75, 3.05) is 13.1 Å². The maximum absolute atomic E-state index is 10.3. The number of likely N-dealkylation sites (tertiary alicyclic amines) is 1. The number of aliphatic hydroxyl groups is 1. The molecule has 0 spiro atoms. The molecule has 1 N–H and O–H groups in total. The molecule has 1 aromatic heterocycles. The van der Waals surface area contributed by atoms with Gasteiger partial charge in [0.25, 0.3) is 0 Å². The quantitative estimate of drug-likeness (QED) is 0.727. The summed E-state index contributed by atoms with van der Waals surface area (Å²) in [6.07, 6.45) is 0.411. The largest absolute Gasteiger partial charge is 0.392 e. The molecular formula is C23H27N5O. The highest BCUT2D eigenvalue weighted by Crippen LogP contribution is 2.33. The standard InChI is InChI=1S/C23H27N5O/c29-20-13-21(27(16-20)15-19-9-5-2-6-10-19)23-25-24-22-17-26(11-12-28(22)23)14-18-7-3-1-4-8-18/h1-10,20-21,29H,11-17H2/t20-,21+/m1/s1. The maximum Gasteiger partial charge on any atom is 0.150 e. The molecule has 0 bridgehead atoms. The molecule has 3 heterocycles. The first kappa shape index (κ1) is 18.5. The van der Waals surface area contributed by atoms with E-state index < -0.39 is 0 Å². The summed E-state index contributed by atoms with van der Waals surface area (Å²) in [5.74, 6) is 2.04. The van der Waals surface area contributed by atoms with Crippen LogP contribution in [0.15, 0.2) is 60.7 Å². The van der Waals surface area contributed by atoms with Crippen LogP contribution in [0.4, 0.5) is 0 Å². The van der Waals surface area contributed by atoms with E-state index in [1.165, 1.54) is 11.1 Å². The van der Waals surface area contributed by atoms with Crippen LogP contribution < -0.4 is 0 Å². The molecule has 6 heteroatoms. The van der Waals surface area contributed by atoms with Crippen molar-refractivity contribution in [1.82, 2.24) is 24.6 Å². The fourth-order valence-electron chi connectivity index (χ4n) is 4.59. The Labute approximate surface area is 171 Å². The first-order valence-corrected chi connectivity index (χ1v) is 10.4. The Bertz CT molecular complexity index is 942. The number of benzene rings is 2. The van der Waals surface area contributed by atoms with Crippen molar-refractivity contribution >= 4 is 0 Å². The molecule has 3 aromatic rings. The first-order valence-electron chi connectivity index (χ1n) is 10.4. The third kappa shape index (κ3) is 3.96. The third-order valence-electron chi connectivity index (χ3n) is 6.02. The highest BCUT2D eigenvalue weighted by atomic mass is 16.3. The molecule has 0 amide bonds. The Morgan fingerprint density at radius 3 is 2.28 bits per heavy atom. The zero-order chi connectivity index (χ0) is 19.6. The normalized spacial score (nSPS) is 22.7. The number of hydrogen-bond donors (Lipinski definition) is 1. The van der Waals surface area contributed by atoms with Gasteiger partial charge in [-0.25, -0.2) is 0 Å². The summed E-state index contributed by atoms with van der Waals surface area (Å²) in [7, 11) is 0. The second-order valence-electron chi connectivity index (χ2n) is 8.14. The maximum atomic E-state index is 10.3. The molecule has 2 atom stereocenters. The number of nitrogens with zero attached hydrogens (tertiary/aromatic N) is 5. The van der Waals surface area contributed by atoms with E-state index in [0.717, 1.165) is 50.8 Å². The minimum absolute atomic E-state index is 0.118. The fraction of sp³-hybridized carbons (Fsp3) is 0.391. The Hall–Kier alpha value is -2.54. The lowest BCUT2D eigenvalue weighted by atomic mass is 10.1. The van der Waals surface area contributed by atoms with Gasteiger partial charge in [-0.15, -0.1) is 10.2 Å². The fourth-order valence-corrected chi connectivity index (χ4v) is 4.59. The monoisotopic (exact) mass is 389 g/mol. The lowest BCUT2D eigenvalue weighted by Gasteiger charge is -2.30. The van der Waals surface area contributed by atoms with Crippen LogP contribution in [-0.2, 0) is 26.2 Å². The van der Waals surface area contributed by atoms with Gasteiger partial charge in [0, 0.05) is 32.7 Å². The molecule has 0 radical (unpaired) electrons. The average molecular weight is 390 g/mol. The van der Waals surface area contributed by atoms with Gasteiger partial charge in [0.15, 0.2) is 5.82 Å². The third-order valence-corrected chi connectivity index (χ3v) is 6.02. The molecule has 5 rings (SSSR count). The van der Waals surface area contributed by atoms with Crippen LogP contribution in [0.1, 0.15) is 35.2 Å². The predicted molar refractivity (Wildman–Crippen MR) is 111 cm³/mol. The molecule has 1 saturated heterocycles. The van der Waals surface area contributed by atoms with Gasteiger partial charge in [0.05, 0.1) is 18.7 Å². The number of fused-ring (bicyclic) bond motifs is 1. The van der Waals surface area contributed by atoms with Crippen LogP contribution >= 0.6 is 0 Å². The minimum atomic E-state index is -0.310. The van der Waals surface area contributed by atoms with Crippen LogP contribution in [0.25, 0.3) is 0 Å². The second kappa shape index (κ2) is 8.06. The van der Waals surface area contributed by atoms with Crippen molar-refractivity contribution in [3.63, 3.8) is 0 Å². The van der Waals surface area contributed by atoms with E-state index in [-0.39, 0.29) is 12.1 Å². The number of aliphatic hydroxyl groups excluding tert-OH is 1. The number of aromatic nitrogens is 3. The zero-order valence-corrected chi connectivity index (χ0v) is 16.6. The summed E-state index contributed by atoms with van der Waals surface area (Å²) < 4.78 is 2.28. The van der Waals surface area contributed by atoms with E-state index in [2.05, 4.69) is 79.2 Å². The first-order chi connectivity index (χ1) is 14.3. The van der Waals surface area contributed by atoms with Gasteiger partial charge in [-0.05, 0) is 17.5 Å².